The molecule has 0 radical (unpaired) electrons. The van der Waals surface area contributed by atoms with Crippen LogP contribution < -0.4 is 4.90 Å². The van der Waals surface area contributed by atoms with E-state index in [9.17, 15) is 18.0 Å². The fourth-order valence-electron chi connectivity index (χ4n) is 7.45. The molecule has 1 aromatic carbocycles. The first kappa shape index (κ1) is 27.1. The van der Waals surface area contributed by atoms with Gasteiger partial charge in [-0.15, -0.1) is 10.2 Å². The van der Waals surface area contributed by atoms with Gasteiger partial charge in [-0.1, -0.05) is 13.8 Å². The monoisotopic (exact) mass is 578 g/mol. The minimum Gasteiger partial charge on any atom is -0.320 e. The molecule has 5 heterocycles. The Kier molecular flexibility index (Phi) is 6.20. The van der Waals surface area contributed by atoms with Crippen molar-refractivity contribution in [3.05, 3.63) is 70.6 Å². The average Bonchev–Trinajstić information content (AvgIpc) is 3.64. The molecule has 2 aliphatic heterocycles. The molecule has 220 valence electrons. The summed E-state index contributed by atoms with van der Waals surface area (Å²) in [5, 5.41) is 12.9. The maximum absolute atomic E-state index is 14.4. The van der Waals surface area contributed by atoms with Crippen LogP contribution in [0, 0.1) is 11.8 Å². The van der Waals surface area contributed by atoms with Gasteiger partial charge in [0.05, 0.1) is 17.5 Å². The molecule has 4 aromatic rings. The van der Waals surface area contributed by atoms with E-state index in [2.05, 4.69) is 39.0 Å². The average molecular weight is 579 g/mol. The highest BCUT2D eigenvalue weighted by Gasteiger charge is 2.49. The van der Waals surface area contributed by atoms with E-state index >= 15 is 0 Å². The van der Waals surface area contributed by atoms with E-state index in [4.69, 9.17) is 0 Å². The zero-order valence-corrected chi connectivity index (χ0v) is 23.9. The van der Waals surface area contributed by atoms with E-state index in [0.29, 0.717) is 35.4 Å². The van der Waals surface area contributed by atoms with Crippen LogP contribution in [0.15, 0.2) is 36.9 Å². The van der Waals surface area contributed by atoms with Gasteiger partial charge in [-0.2, -0.15) is 22.8 Å². The molecule has 0 N–H and O–H groups in total. The second kappa shape index (κ2) is 9.62. The molecule has 7 rings (SSSR count). The Hall–Kier alpha value is -3.80. The summed E-state index contributed by atoms with van der Waals surface area (Å²) in [5.74, 6) is 1.68. The second-order valence-electron chi connectivity index (χ2n) is 12.5. The summed E-state index contributed by atoms with van der Waals surface area (Å²) in [7, 11) is 1.90. The first-order valence-electron chi connectivity index (χ1n) is 14.5. The van der Waals surface area contributed by atoms with Crippen molar-refractivity contribution in [2.75, 3.05) is 18.0 Å². The third-order valence-corrected chi connectivity index (χ3v) is 9.28. The molecule has 0 spiro atoms. The topological polar surface area (TPSA) is 84.4 Å². The van der Waals surface area contributed by atoms with E-state index in [1.807, 2.05) is 23.7 Å². The number of benzene rings is 1. The number of fused-ring (bicyclic) bond motifs is 2. The Morgan fingerprint density at radius 1 is 1.10 bits per heavy atom. The first-order chi connectivity index (χ1) is 20.0. The van der Waals surface area contributed by atoms with Crippen molar-refractivity contribution in [3.63, 3.8) is 0 Å². The van der Waals surface area contributed by atoms with Crippen molar-refractivity contribution < 1.29 is 18.0 Å². The fourth-order valence-corrected chi connectivity index (χ4v) is 7.45. The van der Waals surface area contributed by atoms with Crippen molar-refractivity contribution in [1.29, 1.82) is 0 Å². The van der Waals surface area contributed by atoms with Crippen molar-refractivity contribution in [3.8, 4) is 0 Å². The lowest BCUT2D eigenvalue weighted by molar-refractivity contribution is -0.138. The van der Waals surface area contributed by atoms with E-state index in [0.717, 1.165) is 50.2 Å². The normalized spacial score (nSPS) is 24.8. The molecule has 42 heavy (non-hydrogen) atoms. The van der Waals surface area contributed by atoms with E-state index in [-0.39, 0.29) is 17.7 Å². The van der Waals surface area contributed by atoms with Crippen LogP contribution in [0.5, 0.6) is 0 Å². The summed E-state index contributed by atoms with van der Waals surface area (Å²) in [4.78, 5) is 22.0. The number of carbonyl (C=O) groups excluding carboxylic acids is 1. The summed E-state index contributed by atoms with van der Waals surface area (Å²) >= 11 is 0. The van der Waals surface area contributed by atoms with Crippen molar-refractivity contribution >= 4 is 17.4 Å². The quantitative estimate of drug-likeness (QED) is 0.332. The summed E-state index contributed by atoms with van der Waals surface area (Å²) in [6.07, 6.45) is 2.26. The van der Waals surface area contributed by atoms with Crippen LogP contribution in [-0.4, -0.2) is 53.3 Å². The van der Waals surface area contributed by atoms with Crippen LogP contribution in [-0.2, 0) is 31.7 Å². The van der Waals surface area contributed by atoms with Gasteiger partial charge in [0.25, 0.3) is 5.91 Å². The second-order valence-corrected chi connectivity index (χ2v) is 12.5. The zero-order chi connectivity index (χ0) is 29.4. The van der Waals surface area contributed by atoms with Gasteiger partial charge in [-0.05, 0) is 85.0 Å². The van der Waals surface area contributed by atoms with Crippen molar-refractivity contribution in [1.82, 2.24) is 34.3 Å². The standard InChI is InChI=1S/C30H33F3N8O/c1-18-5-4-6-39(13-18)14-20-7-22-23(24(8-20)30(31,32)33)15-40(27(22)42)26-10-21(9-25-34-16-36-41(25)26)29(11-19(2)12-29)28-37-35-17-38(28)3/h7-10,16-19H,4-6,11-15H2,1-3H3/t18-,19?,29?/m0/s1. The van der Waals surface area contributed by atoms with E-state index in [1.165, 1.54) is 21.8 Å². The number of piperidine rings is 1. The van der Waals surface area contributed by atoms with Gasteiger partial charge in [-0.3, -0.25) is 14.6 Å². The van der Waals surface area contributed by atoms with Gasteiger partial charge >= 0.3 is 6.18 Å². The number of pyridine rings is 1. The van der Waals surface area contributed by atoms with Crippen LogP contribution in [0.3, 0.4) is 0 Å². The van der Waals surface area contributed by atoms with Crippen LogP contribution in [0.25, 0.3) is 5.65 Å². The molecule has 12 heteroatoms. The first-order valence-corrected chi connectivity index (χ1v) is 14.5. The number of aromatic nitrogens is 6. The summed E-state index contributed by atoms with van der Waals surface area (Å²) < 4.78 is 46.8. The third kappa shape index (κ3) is 4.29. The molecule has 2 fully saturated rings. The van der Waals surface area contributed by atoms with Gasteiger partial charge in [0, 0.05) is 25.7 Å². The molecule has 0 unspecified atom stereocenters. The highest BCUT2D eigenvalue weighted by atomic mass is 19.4. The van der Waals surface area contributed by atoms with Gasteiger partial charge in [-0.25, -0.2) is 4.98 Å². The lowest BCUT2D eigenvalue weighted by atomic mass is 9.58. The number of likely N-dealkylation sites (tertiary alicyclic amines) is 1. The zero-order valence-electron chi connectivity index (χ0n) is 23.9. The predicted molar refractivity (Wildman–Crippen MR) is 149 cm³/mol. The number of alkyl halides is 3. The Bertz CT molecular complexity index is 1690. The predicted octanol–water partition coefficient (Wildman–Crippen LogP) is 4.98. The molecule has 1 amide bonds. The number of halogens is 3. The molecule has 3 aromatic heterocycles. The highest BCUT2D eigenvalue weighted by molar-refractivity contribution is 6.10. The van der Waals surface area contributed by atoms with E-state index < -0.39 is 23.1 Å². The number of hydrogen-bond acceptors (Lipinski definition) is 6. The molecule has 1 atom stereocenters. The maximum atomic E-state index is 14.4. The Morgan fingerprint density at radius 3 is 2.60 bits per heavy atom. The van der Waals surface area contributed by atoms with Crippen LogP contribution >= 0.6 is 0 Å². The molecule has 1 saturated heterocycles. The molecular weight excluding hydrogens is 545 g/mol. The molecule has 0 bridgehead atoms. The third-order valence-electron chi connectivity index (χ3n) is 9.28. The van der Waals surface area contributed by atoms with E-state index in [1.54, 1.807) is 12.4 Å². The number of aryl methyl sites for hydroxylation is 1. The summed E-state index contributed by atoms with van der Waals surface area (Å²) in [6.45, 7) is 6.19. The van der Waals surface area contributed by atoms with Gasteiger partial charge in [0.2, 0.25) is 0 Å². The van der Waals surface area contributed by atoms with Crippen molar-refractivity contribution in [2.45, 2.75) is 64.2 Å². The number of carbonyl (C=O) groups is 1. The molecule has 9 nitrogen and oxygen atoms in total. The number of anilines is 1. The minimum absolute atomic E-state index is 0.00205. The Morgan fingerprint density at radius 2 is 1.90 bits per heavy atom. The number of hydrogen-bond donors (Lipinski definition) is 0. The van der Waals surface area contributed by atoms with Gasteiger partial charge < -0.3 is 4.57 Å². The van der Waals surface area contributed by atoms with Gasteiger partial charge in [0.1, 0.15) is 24.3 Å². The summed E-state index contributed by atoms with van der Waals surface area (Å²) in [6, 6.07) is 6.69. The van der Waals surface area contributed by atoms with Crippen LogP contribution in [0.4, 0.5) is 19.0 Å². The maximum Gasteiger partial charge on any atom is 0.416 e. The van der Waals surface area contributed by atoms with Crippen LogP contribution in [0.1, 0.15) is 78.0 Å². The van der Waals surface area contributed by atoms with Gasteiger partial charge in [0.15, 0.2) is 5.65 Å². The lowest BCUT2D eigenvalue weighted by Gasteiger charge is -2.46. The SMILES string of the molecule is CC1CC(c2cc(N3Cc4c(cc(CN5CCC[C@H](C)C5)cc4C(F)(F)F)C3=O)n3ncnc3c2)(c2nncn2C)C1. The molecule has 1 aliphatic carbocycles. The smallest absolute Gasteiger partial charge is 0.320 e. The van der Waals surface area contributed by atoms with Crippen molar-refractivity contribution in [2.24, 2.45) is 18.9 Å². The Balaban J connectivity index is 1.31. The highest BCUT2D eigenvalue weighted by Crippen LogP contribution is 2.52. The fraction of sp³-hybridized carbons (Fsp3) is 0.500. The number of amides is 1. The largest absolute Gasteiger partial charge is 0.416 e. The minimum atomic E-state index is -4.59. The van der Waals surface area contributed by atoms with Crippen LogP contribution in [0.2, 0.25) is 0 Å². The molecule has 3 aliphatic rings. The molecule has 1 saturated carbocycles. The Labute approximate surface area is 241 Å². The number of nitrogens with zero attached hydrogens (tertiary/aromatic N) is 8. The molecular formula is C30H33F3N8O. The number of rotatable bonds is 5. The lowest BCUT2D eigenvalue weighted by Crippen LogP contribution is -2.43. The summed E-state index contributed by atoms with van der Waals surface area (Å²) in [5.41, 5.74) is 0.833.